The van der Waals surface area contributed by atoms with Crippen molar-refractivity contribution in [1.82, 2.24) is 9.71 Å². The summed E-state index contributed by atoms with van der Waals surface area (Å²) in [6, 6.07) is 6.55. The molecule has 7 nitrogen and oxygen atoms in total. The molecule has 156 valence electrons. The van der Waals surface area contributed by atoms with Gasteiger partial charge in [-0.1, -0.05) is 19.3 Å². The van der Waals surface area contributed by atoms with Crippen LogP contribution in [0, 0.1) is 12.7 Å². The van der Waals surface area contributed by atoms with Crippen LogP contribution < -0.4 is 14.8 Å². The second kappa shape index (κ2) is 8.87. The first kappa shape index (κ1) is 21.2. The van der Waals surface area contributed by atoms with Crippen molar-refractivity contribution in [1.29, 1.82) is 0 Å². The lowest BCUT2D eigenvalue weighted by Crippen LogP contribution is -2.36. The smallest absolute Gasteiger partial charge is 0.260 e. The lowest BCUT2D eigenvalue weighted by atomic mass is 9.96. The van der Waals surface area contributed by atoms with Crippen molar-refractivity contribution in [2.75, 3.05) is 12.4 Å². The molecule has 0 unspecified atom stereocenters. The Balaban J connectivity index is 1.85. The van der Waals surface area contributed by atoms with E-state index in [0.29, 0.717) is 0 Å². The number of rotatable bonds is 6. The number of aryl methyl sites for hydroxylation is 1. The quantitative estimate of drug-likeness (QED) is 0.745. The van der Waals surface area contributed by atoms with E-state index in [0.717, 1.165) is 32.1 Å². The maximum atomic E-state index is 13.4. The number of benzene rings is 1. The molecule has 0 radical (unpaired) electrons. The summed E-state index contributed by atoms with van der Waals surface area (Å²) < 4.78 is 46.9. The highest BCUT2D eigenvalue weighted by atomic mass is 32.2. The number of aromatic nitrogens is 1. The Hall–Kier alpha value is -2.52. The number of hydrogen-bond acceptors (Lipinski definition) is 5. The van der Waals surface area contributed by atoms with Gasteiger partial charge in [0.1, 0.15) is 17.4 Å². The average molecular weight is 421 g/mol. The molecule has 0 bridgehead atoms. The Bertz CT molecular complexity index is 1000. The third-order valence-electron chi connectivity index (χ3n) is 4.92. The fourth-order valence-corrected chi connectivity index (χ4v) is 4.67. The van der Waals surface area contributed by atoms with Crippen molar-refractivity contribution in [3.8, 4) is 5.75 Å². The standard InChI is InChI=1S/C20H24FN3O4S/c1-13-17(21)9-11-19(22-13)23-20(25)16-12-15(8-10-18(16)28-2)29(26,27)24-14-6-4-3-5-7-14/h8-12,14,24H,3-7H2,1-2H3,(H,22,23,25). The normalized spacial score (nSPS) is 15.1. The van der Waals surface area contributed by atoms with Crippen molar-refractivity contribution in [3.63, 3.8) is 0 Å². The molecular weight excluding hydrogens is 397 g/mol. The van der Waals surface area contributed by atoms with E-state index in [1.165, 1.54) is 44.4 Å². The van der Waals surface area contributed by atoms with Gasteiger partial charge in [-0.3, -0.25) is 4.79 Å². The second-order valence-corrected chi connectivity index (χ2v) is 8.75. The highest BCUT2D eigenvalue weighted by Gasteiger charge is 2.24. The molecule has 9 heteroatoms. The number of carbonyl (C=O) groups excluding carboxylic acids is 1. The lowest BCUT2D eigenvalue weighted by molar-refractivity contribution is 0.102. The van der Waals surface area contributed by atoms with Gasteiger partial charge in [-0.05, 0) is 50.1 Å². The minimum atomic E-state index is -3.78. The summed E-state index contributed by atoms with van der Waals surface area (Å²) in [7, 11) is -2.39. The van der Waals surface area contributed by atoms with Gasteiger partial charge in [-0.15, -0.1) is 0 Å². The van der Waals surface area contributed by atoms with Crippen LogP contribution in [0.3, 0.4) is 0 Å². The molecule has 29 heavy (non-hydrogen) atoms. The molecule has 1 aliphatic rings. The fraction of sp³-hybridized carbons (Fsp3) is 0.400. The largest absolute Gasteiger partial charge is 0.496 e. The topological polar surface area (TPSA) is 97.4 Å². The summed E-state index contributed by atoms with van der Waals surface area (Å²) in [6.45, 7) is 1.48. The fourth-order valence-electron chi connectivity index (χ4n) is 3.34. The maximum Gasteiger partial charge on any atom is 0.260 e. The van der Waals surface area contributed by atoms with E-state index in [9.17, 15) is 17.6 Å². The van der Waals surface area contributed by atoms with E-state index < -0.39 is 21.7 Å². The van der Waals surface area contributed by atoms with Crippen molar-refractivity contribution >= 4 is 21.7 Å². The van der Waals surface area contributed by atoms with E-state index >= 15 is 0 Å². The molecule has 1 heterocycles. The van der Waals surface area contributed by atoms with Crippen LogP contribution in [0.4, 0.5) is 10.2 Å². The number of hydrogen-bond donors (Lipinski definition) is 2. The Labute approximate surface area is 169 Å². The van der Waals surface area contributed by atoms with Crippen LogP contribution >= 0.6 is 0 Å². The molecule has 1 aliphatic carbocycles. The van der Waals surface area contributed by atoms with Crippen LogP contribution in [0.2, 0.25) is 0 Å². The molecule has 0 saturated heterocycles. The number of anilines is 1. The highest BCUT2D eigenvalue weighted by Crippen LogP contribution is 2.25. The summed E-state index contributed by atoms with van der Waals surface area (Å²) in [4.78, 5) is 16.7. The summed E-state index contributed by atoms with van der Waals surface area (Å²) in [5.74, 6) is -0.708. The number of pyridine rings is 1. The number of methoxy groups -OCH3 is 1. The zero-order valence-corrected chi connectivity index (χ0v) is 17.2. The van der Waals surface area contributed by atoms with E-state index in [-0.39, 0.29) is 33.8 Å². The van der Waals surface area contributed by atoms with E-state index in [1.54, 1.807) is 0 Å². The van der Waals surface area contributed by atoms with Crippen molar-refractivity contribution in [3.05, 3.63) is 47.4 Å². The summed E-state index contributed by atoms with van der Waals surface area (Å²) >= 11 is 0. The summed E-state index contributed by atoms with van der Waals surface area (Å²) in [5, 5.41) is 2.55. The summed E-state index contributed by atoms with van der Waals surface area (Å²) in [5.41, 5.74) is 0.186. The maximum absolute atomic E-state index is 13.4. The number of nitrogens with zero attached hydrogens (tertiary/aromatic N) is 1. The Morgan fingerprint density at radius 3 is 2.55 bits per heavy atom. The van der Waals surface area contributed by atoms with Gasteiger partial charge >= 0.3 is 0 Å². The average Bonchev–Trinajstić information content (AvgIpc) is 2.70. The van der Waals surface area contributed by atoms with Crippen molar-refractivity contribution in [2.24, 2.45) is 0 Å². The minimum Gasteiger partial charge on any atom is -0.496 e. The number of carbonyl (C=O) groups is 1. The number of nitrogens with one attached hydrogen (secondary N) is 2. The molecule has 1 saturated carbocycles. The Morgan fingerprint density at radius 2 is 1.90 bits per heavy atom. The van der Waals surface area contributed by atoms with Crippen molar-refractivity contribution < 1.29 is 22.3 Å². The predicted octanol–water partition coefficient (Wildman–Crippen LogP) is 3.40. The zero-order chi connectivity index (χ0) is 21.0. The molecule has 0 atom stereocenters. The molecule has 0 aliphatic heterocycles. The first-order valence-electron chi connectivity index (χ1n) is 9.45. The van der Waals surface area contributed by atoms with Crippen LogP contribution in [0.5, 0.6) is 5.75 Å². The van der Waals surface area contributed by atoms with Gasteiger partial charge < -0.3 is 10.1 Å². The predicted molar refractivity (Wildman–Crippen MR) is 107 cm³/mol. The van der Waals surface area contributed by atoms with Crippen LogP contribution in [0.15, 0.2) is 35.2 Å². The molecule has 2 aromatic rings. The number of amides is 1. The number of halogens is 1. The van der Waals surface area contributed by atoms with Gasteiger partial charge in [0.2, 0.25) is 10.0 Å². The monoisotopic (exact) mass is 421 g/mol. The molecule has 1 aromatic heterocycles. The van der Waals surface area contributed by atoms with Gasteiger partial charge in [0.05, 0.1) is 23.3 Å². The molecule has 2 N–H and O–H groups in total. The lowest BCUT2D eigenvalue weighted by Gasteiger charge is -2.22. The highest BCUT2D eigenvalue weighted by molar-refractivity contribution is 7.89. The van der Waals surface area contributed by atoms with Crippen LogP contribution in [0.25, 0.3) is 0 Å². The summed E-state index contributed by atoms with van der Waals surface area (Å²) in [6.07, 6.45) is 4.71. The van der Waals surface area contributed by atoms with Gasteiger partial charge in [0, 0.05) is 6.04 Å². The Morgan fingerprint density at radius 1 is 1.17 bits per heavy atom. The van der Waals surface area contributed by atoms with Gasteiger partial charge in [-0.25, -0.2) is 22.5 Å². The van der Waals surface area contributed by atoms with Crippen LogP contribution in [-0.4, -0.2) is 32.5 Å². The number of sulfonamides is 1. The minimum absolute atomic E-state index is 0.0164. The first-order valence-corrected chi connectivity index (χ1v) is 10.9. The molecule has 1 fully saturated rings. The van der Waals surface area contributed by atoms with E-state index in [4.69, 9.17) is 4.74 Å². The number of ether oxygens (including phenoxy) is 1. The van der Waals surface area contributed by atoms with Crippen LogP contribution in [-0.2, 0) is 10.0 Å². The van der Waals surface area contributed by atoms with Gasteiger partial charge in [0.25, 0.3) is 5.91 Å². The first-order chi connectivity index (χ1) is 13.8. The van der Waals surface area contributed by atoms with E-state index in [1.807, 2.05) is 0 Å². The molecule has 1 aromatic carbocycles. The van der Waals surface area contributed by atoms with Crippen molar-refractivity contribution in [2.45, 2.75) is 50.0 Å². The van der Waals surface area contributed by atoms with Gasteiger partial charge in [0.15, 0.2) is 0 Å². The third kappa shape index (κ3) is 5.10. The zero-order valence-electron chi connectivity index (χ0n) is 16.4. The molecule has 3 rings (SSSR count). The Kier molecular flexibility index (Phi) is 6.49. The third-order valence-corrected chi connectivity index (χ3v) is 6.43. The van der Waals surface area contributed by atoms with E-state index in [2.05, 4.69) is 15.0 Å². The SMILES string of the molecule is COc1ccc(S(=O)(=O)NC2CCCCC2)cc1C(=O)Nc1ccc(F)c(C)n1. The van der Waals surface area contributed by atoms with Gasteiger partial charge in [-0.2, -0.15) is 0 Å². The molecule has 1 amide bonds. The second-order valence-electron chi connectivity index (χ2n) is 7.04. The van der Waals surface area contributed by atoms with Crippen LogP contribution in [0.1, 0.15) is 48.2 Å². The molecular formula is C20H24FN3O4S. The molecule has 0 spiro atoms.